The highest BCUT2D eigenvalue weighted by Crippen LogP contribution is 2.17. The van der Waals surface area contributed by atoms with Crippen molar-refractivity contribution in [2.24, 2.45) is 0 Å². The topological polar surface area (TPSA) is 70.5 Å². The van der Waals surface area contributed by atoms with Crippen molar-refractivity contribution in [3.8, 4) is 0 Å². The van der Waals surface area contributed by atoms with E-state index in [9.17, 15) is 9.59 Å². The van der Waals surface area contributed by atoms with Gasteiger partial charge in [0.2, 0.25) is 5.91 Å². The van der Waals surface area contributed by atoms with Crippen molar-refractivity contribution in [3.05, 3.63) is 47.8 Å². The maximum atomic E-state index is 12.7. The molecule has 1 N–H and O–H groups in total. The first-order valence-corrected chi connectivity index (χ1v) is 8.79. The average Bonchev–Trinajstić information content (AvgIpc) is 3.08. The molecule has 0 fully saturated rings. The number of carbonyl (C=O) groups is 2. The van der Waals surface area contributed by atoms with Crippen molar-refractivity contribution in [2.45, 2.75) is 33.4 Å². The number of aromatic nitrogens is 2. The van der Waals surface area contributed by atoms with Gasteiger partial charge in [-0.2, -0.15) is 5.10 Å². The van der Waals surface area contributed by atoms with E-state index < -0.39 is 0 Å². The standard InChI is InChI=1S/C19H27N5O2/c1-5-23(13-15-12-20-24(6-2)14-15)19(26)21-17-10-8-7-9-16(17)11-18(25)22(3)4/h7-10,12,14H,5-6,11,13H2,1-4H3,(H,21,26). The Morgan fingerprint density at radius 3 is 2.54 bits per heavy atom. The zero-order valence-electron chi connectivity index (χ0n) is 15.9. The Labute approximate surface area is 154 Å². The minimum absolute atomic E-state index is 0.00831. The molecule has 26 heavy (non-hydrogen) atoms. The van der Waals surface area contributed by atoms with E-state index in [1.165, 1.54) is 0 Å². The van der Waals surface area contributed by atoms with Gasteiger partial charge in [0.05, 0.1) is 19.2 Å². The smallest absolute Gasteiger partial charge is 0.322 e. The van der Waals surface area contributed by atoms with Gasteiger partial charge in [-0.15, -0.1) is 0 Å². The van der Waals surface area contributed by atoms with Crippen molar-refractivity contribution in [3.63, 3.8) is 0 Å². The maximum absolute atomic E-state index is 12.7. The highest BCUT2D eigenvalue weighted by Gasteiger charge is 2.16. The van der Waals surface area contributed by atoms with Gasteiger partial charge in [-0.05, 0) is 25.5 Å². The van der Waals surface area contributed by atoms with Crippen LogP contribution in [0.1, 0.15) is 25.0 Å². The summed E-state index contributed by atoms with van der Waals surface area (Å²) in [6.07, 6.45) is 3.97. The third kappa shape index (κ3) is 5.08. The molecule has 0 aliphatic heterocycles. The van der Waals surface area contributed by atoms with Gasteiger partial charge in [-0.25, -0.2) is 4.79 Å². The van der Waals surface area contributed by atoms with Gasteiger partial charge in [-0.3, -0.25) is 9.48 Å². The molecule has 0 saturated carbocycles. The van der Waals surface area contributed by atoms with E-state index in [1.54, 1.807) is 30.1 Å². The molecule has 3 amide bonds. The summed E-state index contributed by atoms with van der Waals surface area (Å²) in [4.78, 5) is 27.9. The first-order valence-electron chi connectivity index (χ1n) is 8.79. The van der Waals surface area contributed by atoms with E-state index in [0.29, 0.717) is 18.8 Å². The first kappa shape index (κ1) is 19.5. The van der Waals surface area contributed by atoms with Crippen molar-refractivity contribution in [2.75, 3.05) is 26.0 Å². The van der Waals surface area contributed by atoms with Crippen LogP contribution in [0, 0.1) is 0 Å². The summed E-state index contributed by atoms with van der Waals surface area (Å²) in [5, 5.41) is 7.18. The number of anilines is 1. The molecule has 0 atom stereocenters. The Morgan fingerprint density at radius 1 is 1.19 bits per heavy atom. The number of urea groups is 1. The van der Waals surface area contributed by atoms with Crippen molar-refractivity contribution in [1.82, 2.24) is 19.6 Å². The Balaban J connectivity index is 2.08. The predicted octanol–water partition coefficient (Wildman–Crippen LogP) is 2.59. The fourth-order valence-electron chi connectivity index (χ4n) is 2.52. The van der Waals surface area contributed by atoms with Crippen LogP contribution in [0.2, 0.25) is 0 Å². The molecule has 0 aliphatic carbocycles. The van der Waals surface area contributed by atoms with Gasteiger partial charge in [0.1, 0.15) is 0 Å². The molecule has 2 rings (SSSR count). The van der Waals surface area contributed by atoms with E-state index in [1.807, 2.05) is 49.0 Å². The number of hydrogen-bond donors (Lipinski definition) is 1. The van der Waals surface area contributed by atoms with Gasteiger partial charge in [0, 0.05) is 44.6 Å². The third-order valence-corrected chi connectivity index (χ3v) is 4.15. The number of likely N-dealkylation sites (N-methyl/N-ethyl adjacent to an activating group) is 1. The molecule has 140 valence electrons. The Kier molecular flexibility index (Phi) is 6.77. The molecule has 7 heteroatoms. The SMILES string of the molecule is CCN(Cc1cnn(CC)c1)C(=O)Nc1ccccc1CC(=O)N(C)C. The van der Waals surface area contributed by atoms with Crippen LogP contribution in [-0.2, 0) is 24.3 Å². The molecule has 2 aromatic rings. The highest BCUT2D eigenvalue weighted by molar-refractivity contribution is 5.91. The zero-order valence-corrected chi connectivity index (χ0v) is 15.9. The summed E-state index contributed by atoms with van der Waals surface area (Å²) in [7, 11) is 3.44. The second-order valence-corrected chi connectivity index (χ2v) is 6.27. The van der Waals surface area contributed by atoms with Crippen LogP contribution in [0.4, 0.5) is 10.5 Å². The highest BCUT2D eigenvalue weighted by atomic mass is 16.2. The Bertz CT molecular complexity index is 754. The molecule has 0 spiro atoms. The molecule has 7 nitrogen and oxygen atoms in total. The van der Waals surface area contributed by atoms with Gasteiger partial charge < -0.3 is 15.1 Å². The van der Waals surface area contributed by atoms with Gasteiger partial charge >= 0.3 is 6.03 Å². The lowest BCUT2D eigenvalue weighted by atomic mass is 10.1. The molecule has 1 aromatic carbocycles. The van der Waals surface area contributed by atoms with Crippen LogP contribution >= 0.6 is 0 Å². The molecule has 0 radical (unpaired) electrons. The van der Waals surface area contributed by atoms with Crippen molar-refractivity contribution < 1.29 is 9.59 Å². The molecule has 0 aliphatic rings. The molecule has 0 unspecified atom stereocenters. The summed E-state index contributed by atoms with van der Waals surface area (Å²) in [5.41, 5.74) is 2.45. The maximum Gasteiger partial charge on any atom is 0.322 e. The number of para-hydroxylation sites is 1. The second kappa shape index (κ2) is 9.03. The summed E-state index contributed by atoms with van der Waals surface area (Å²) in [6.45, 7) is 5.81. The lowest BCUT2D eigenvalue weighted by Gasteiger charge is -2.22. The molecule has 1 heterocycles. The number of carbonyl (C=O) groups excluding carboxylic acids is 2. The van der Waals surface area contributed by atoms with Crippen LogP contribution in [0.5, 0.6) is 0 Å². The average molecular weight is 357 g/mol. The fraction of sp³-hybridized carbons (Fsp3) is 0.421. The van der Waals surface area contributed by atoms with E-state index in [-0.39, 0.29) is 18.4 Å². The van der Waals surface area contributed by atoms with E-state index in [0.717, 1.165) is 17.7 Å². The largest absolute Gasteiger partial charge is 0.349 e. The quantitative estimate of drug-likeness (QED) is 0.828. The lowest BCUT2D eigenvalue weighted by Crippen LogP contribution is -2.34. The van der Waals surface area contributed by atoms with Crippen LogP contribution in [-0.4, -0.2) is 52.2 Å². The van der Waals surface area contributed by atoms with Gasteiger partial charge in [0.25, 0.3) is 0 Å². The van der Waals surface area contributed by atoms with Gasteiger partial charge in [-0.1, -0.05) is 18.2 Å². The monoisotopic (exact) mass is 357 g/mol. The zero-order chi connectivity index (χ0) is 19.1. The predicted molar refractivity (Wildman–Crippen MR) is 102 cm³/mol. The minimum Gasteiger partial charge on any atom is -0.349 e. The number of nitrogens with one attached hydrogen (secondary N) is 1. The van der Waals surface area contributed by atoms with Crippen LogP contribution in [0.3, 0.4) is 0 Å². The normalized spacial score (nSPS) is 10.5. The van der Waals surface area contributed by atoms with Crippen LogP contribution in [0.15, 0.2) is 36.7 Å². The number of aryl methyl sites for hydroxylation is 1. The number of amides is 3. The molecule has 0 bridgehead atoms. The Morgan fingerprint density at radius 2 is 1.92 bits per heavy atom. The summed E-state index contributed by atoms with van der Waals surface area (Å²) < 4.78 is 1.84. The number of nitrogens with zero attached hydrogens (tertiary/aromatic N) is 4. The summed E-state index contributed by atoms with van der Waals surface area (Å²) >= 11 is 0. The van der Waals surface area contributed by atoms with E-state index in [2.05, 4.69) is 10.4 Å². The summed E-state index contributed by atoms with van der Waals surface area (Å²) in [6, 6.07) is 7.20. The first-order chi connectivity index (χ1) is 12.4. The van der Waals surface area contributed by atoms with Crippen LogP contribution < -0.4 is 5.32 Å². The molecular formula is C19H27N5O2. The van der Waals surface area contributed by atoms with E-state index >= 15 is 0 Å². The van der Waals surface area contributed by atoms with E-state index in [4.69, 9.17) is 0 Å². The van der Waals surface area contributed by atoms with Crippen molar-refractivity contribution >= 4 is 17.6 Å². The minimum atomic E-state index is -0.193. The molecular weight excluding hydrogens is 330 g/mol. The fourth-order valence-corrected chi connectivity index (χ4v) is 2.52. The summed E-state index contributed by atoms with van der Waals surface area (Å²) in [5.74, 6) is -0.00831. The number of rotatable bonds is 7. The lowest BCUT2D eigenvalue weighted by molar-refractivity contribution is -0.127. The second-order valence-electron chi connectivity index (χ2n) is 6.27. The van der Waals surface area contributed by atoms with Crippen LogP contribution in [0.25, 0.3) is 0 Å². The number of hydrogen-bond acceptors (Lipinski definition) is 3. The third-order valence-electron chi connectivity index (χ3n) is 4.15. The Hall–Kier alpha value is -2.83. The number of benzene rings is 1. The van der Waals surface area contributed by atoms with Gasteiger partial charge in [0.15, 0.2) is 0 Å². The molecule has 1 aromatic heterocycles. The molecule has 0 saturated heterocycles. The van der Waals surface area contributed by atoms with Crippen molar-refractivity contribution in [1.29, 1.82) is 0 Å².